The van der Waals surface area contributed by atoms with Crippen LogP contribution in [0.25, 0.3) is 28.1 Å². The minimum Gasteiger partial charge on any atom is -0.469 e. The van der Waals surface area contributed by atoms with Gasteiger partial charge in [0.1, 0.15) is 16.8 Å². The zero-order chi connectivity index (χ0) is 21.2. The first-order chi connectivity index (χ1) is 15.2. The molecule has 0 bridgehead atoms. The third-order valence-corrected chi connectivity index (χ3v) is 6.11. The van der Waals surface area contributed by atoms with Gasteiger partial charge >= 0.3 is 0 Å². The second kappa shape index (κ2) is 8.32. The number of benzene rings is 2. The van der Waals surface area contributed by atoms with Crippen molar-refractivity contribution in [3.05, 3.63) is 66.6 Å². The highest BCUT2D eigenvalue weighted by atomic mass is 32.2. The van der Waals surface area contributed by atoms with Gasteiger partial charge in [0.15, 0.2) is 11.0 Å². The third-order valence-electron chi connectivity index (χ3n) is 4.64. The Kier molecular flexibility index (Phi) is 5.23. The zero-order valence-electron chi connectivity index (χ0n) is 16.3. The molecule has 3 aromatic heterocycles. The number of aryl methyl sites for hydroxylation is 1. The predicted octanol–water partition coefficient (Wildman–Crippen LogP) is 4.57. The van der Waals surface area contributed by atoms with E-state index in [9.17, 15) is 4.79 Å². The Hall–Kier alpha value is -3.50. The summed E-state index contributed by atoms with van der Waals surface area (Å²) >= 11 is 2.43. The van der Waals surface area contributed by atoms with Gasteiger partial charge in [-0.25, -0.2) is 0 Å². The highest BCUT2D eigenvalue weighted by Gasteiger charge is 2.20. The van der Waals surface area contributed by atoms with Crippen LogP contribution in [0.3, 0.4) is 0 Å². The van der Waals surface area contributed by atoms with Crippen LogP contribution in [0, 0.1) is 6.92 Å². The van der Waals surface area contributed by atoms with Crippen molar-refractivity contribution in [2.45, 2.75) is 12.1 Å². The maximum absolute atomic E-state index is 12.6. The van der Waals surface area contributed by atoms with Gasteiger partial charge in [-0.3, -0.25) is 9.36 Å². The van der Waals surface area contributed by atoms with Crippen LogP contribution in [0.15, 0.2) is 70.4 Å². The first-order valence-corrected chi connectivity index (χ1v) is 11.1. The van der Waals surface area contributed by atoms with Crippen LogP contribution in [0.2, 0.25) is 0 Å². The van der Waals surface area contributed by atoms with Crippen molar-refractivity contribution in [3.63, 3.8) is 0 Å². The summed E-state index contributed by atoms with van der Waals surface area (Å²) in [6, 6.07) is 17.2. The number of fused-ring (bicyclic) bond motifs is 1. The Morgan fingerprint density at radius 3 is 2.77 bits per heavy atom. The lowest BCUT2D eigenvalue weighted by Crippen LogP contribution is -2.15. The number of hydrogen-bond acceptors (Lipinski definition) is 8. The van der Waals surface area contributed by atoms with E-state index in [1.807, 2.05) is 66.1 Å². The molecule has 1 N–H and O–H groups in total. The van der Waals surface area contributed by atoms with E-state index < -0.39 is 0 Å². The molecular weight excluding hydrogens is 432 g/mol. The fraction of sp³-hybridized carbons (Fsp3) is 0.0952. The average Bonchev–Trinajstić information content (AvgIpc) is 3.52. The lowest BCUT2D eigenvalue weighted by molar-refractivity contribution is -0.113. The predicted molar refractivity (Wildman–Crippen MR) is 121 cm³/mol. The fourth-order valence-corrected chi connectivity index (χ4v) is 4.49. The number of nitrogens with one attached hydrogen (secondary N) is 1. The molecule has 0 aliphatic heterocycles. The number of nitrogens with zero attached hydrogens (tertiary/aromatic N) is 5. The van der Waals surface area contributed by atoms with E-state index in [1.54, 1.807) is 6.26 Å². The Labute approximate surface area is 185 Å². The van der Waals surface area contributed by atoms with Crippen molar-refractivity contribution in [1.82, 2.24) is 23.5 Å². The lowest BCUT2D eigenvalue weighted by Gasteiger charge is -2.10. The first-order valence-electron chi connectivity index (χ1n) is 9.40. The first kappa shape index (κ1) is 19.5. The molecule has 5 rings (SSSR count). The standard InChI is InChI=1S/C21H16N6O2S2/c1-13-15(10-11-29-13)20-23-24-21(27(20)14-6-3-2-4-7-14)30-12-18(28)22-16-8-5-9-17-19(16)26-31-25-17/h2-11H,12H2,1H3,(H,22,28). The number of hydrogen-bond donors (Lipinski definition) is 1. The van der Waals surface area contributed by atoms with Crippen molar-refractivity contribution >= 4 is 46.1 Å². The van der Waals surface area contributed by atoms with Gasteiger partial charge < -0.3 is 9.73 Å². The quantitative estimate of drug-likeness (QED) is 0.380. The van der Waals surface area contributed by atoms with E-state index in [4.69, 9.17) is 4.42 Å². The van der Waals surface area contributed by atoms with Crippen molar-refractivity contribution in [2.75, 3.05) is 11.1 Å². The number of aromatic nitrogens is 5. The minimum absolute atomic E-state index is 0.158. The second-order valence-electron chi connectivity index (χ2n) is 6.64. The number of rotatable bonds is 6. The molecule has 31 heavy (non-hydrogen) atoms. The summed E-state index contributed by atoms with van der Waals surface area (Å²) in [4.78, 5) is 12.6. The molecule has 3 heterocycles. The average molecular weight is 449 g/mol. The molecule has 0 radical (unpaired) electrons. The molecule has 154 valence electrons. The summed E-state index contributed by atoms with van der Waals surface area (Å²) in [5.74, 6) is 1.43. The van der Waals surface area contributed by atoms with Crippen LogP contribution in [-0.2, 0) is 4.79 Å². The molecule has 0 saturated carbocycles. The summed E-state index contributed by atoms with van der Waals surface area (Å²) in [7, 11) is 0. The fourth-order valence-electron chi connectivity index (χ4n) is 3.19. The van der Waals surface area contributed by atoms with Gasteiger partial charge in [-0.2, -0.15) is 8.75 Å². The third kappa shape index (κ3) is 3.82. The van der Waals surface area contributed by atoms with Gasteiger partial charge in [-0.05, 0) is 37.3 Å². The normalized spacial score (nSPS) is 11.1. The Bertz CT molecular complexity index is 1360. The molecule has 2 aromatic carbocycles. The minimum atomic E-state index is -0.158. The van der Waals surface area contributed by atoms with Crippen molar-refractivity contribution in [1.29, 1.82) is 0 Å². The Balaban J connectivity index is 1.40. The monoisotopic (exact) mass is 448 g/mol. The molecule has 0 aliphatic rings. The van der Waals surface area contributed by atoms with Gasteiger partial charge in [0.05, 0.1) is 35.0 Å². The molecule has 8 nitrogen and oxygen atoms in total. The van der Waals surface area contributed by atoms with Gasteiger partial charge in [-0.15, -0.1) is 10.2 Å². The molecule has 0 spiro atoms. The highest BCUT2D eigenvalue weighted by Crippen LogP contribution is 2.30. The summed E-state index contributed by atoms with van der Waals surface area (Å²) in [5, 5.41) is 12.3. The van der Waals surface area contributed by atoms with Crippen LogP contribution >= 0.6 is 23.5 Å². The number of amides is 1. The number of anilines is 1. The highest BCUT2D eigenvalue weighted by molar-refractivity contribution is 7.99. The Morgan fingerprint density at radius 1 is 1.10 bits per heavy atom. The molecule has 5 aromatic rings. The molecular formula is C21H16N6O2S2. The zero-order valence-corrected chi connectivity index (χ0v) is 18.0. The van der Waals surface area contributed by atoms with Crippen LogP contribution in [0.5, 0.6) is 0 Å². The van der Waals surface area contributed by atoms with Crippen LogP contribution in [0.1, 0.15) is 5.76 Å². The maximum atomic E-state index is 12.6. The van der Waals surface area contributed by atoms with Crippen LogP contribution < -0.4 is 5.32 Å². The number of para-hydroxylation sites is 1. The molecule has 0 fully saturated rings. The van der Waals surface area contributed by atoms with Gasteiger partial charge in [0.2, 0.25) is 5.91 Å². The summed E-state index contributed by atoms with van der Waals surface area (Å²) in [5.41, 5.74) is 3.87. The summed E-state index contributed by atoms with van der Waals surface area (Å²) < 4.78 is 15.8. The molecule has 0 saturated heterocycles. The number of thioether (sulfide) groups is 1. The van der Waals surface area contributed by atoms with Crippen LogP contribution in [0.4, 0.5) is 5.69 Å². The lowest BCUT2D eigenvalue weighted by atomic mass is 10.2. The smallest absolute Gasteiger partial charge is 0.234 e. The SMILES string of the molecule is Cc1occc1-c1nnc(SCC(=O)Nc2cccc3nsnc23)n1-c1ccccc1. The van der Waals surface area contributed by atoms with E-state index in [2.05, 4.69) is 24.3 Å². The Morgan fingerprint density at radius 2 is 1.97 bits per heavy atom. The van der Waals surface area contributed by atoms with Crippen molar-refractivity contribution in [3.8, 4) is 17.1 Å². The number of carbonyl (C=O) groups is 1. The number of furan rings is 1. The van der Waals surface area contributed by atoms with Crippen LogP contribution in [-0.4, -0.2) is 35.2 Å². The van der Waals surface area contributed by atoms with Crippen molar-refractivity contribution < 1.29 is 9.21 Å². The topological polar surface area (TPSA) is 98.7 Å². The summed E-state index contributed by atoms with van der Waals surface area (Å²) in [6.07, 6.45) is 1.63. The molecule has 10 heteroatoms. The van der Waals surface area contributed by atoms with Gasteiger partial charge in [-0.1, -0.05) is 36.0 Å². The number of carbonyl (C=O) groups excluding carboxylic acids is 1. The van der Waals surface area contributed by atoms with E-state index >= 15 is 0 Å². The molecule has 0 aliphatic carbocycles. The van der Waals surface area contributed by atoms with E-state index in [1.165, 1.54) is 11.8 Å². The molecule has 0 unspecified atom stereocenters. The van der Waals surface area contributed by atoms with E-state index in [-0.39, 0.29) is 11.7 Å². The molecule has 1 amide bonds. The van der Waals surface area contributed by atoms with Crippen molar-refractivity contribution in [2.24, 2.45) is 0 Å². The largest absolute Gasteiger partial charge is 0.469 e. The molecule has 0 atom stereocenters. The van der Waals surface area contributed by atoms with E-state index in [0.29, 0.717) is 22.2 Å². The van der Waals surface area contributed by atoms with Gasteiger partial charge in [0, 0.05) is 5.69 Å². The maximum Gasteiger partial charge on any atom is 0.234 e. The van der Waals surface area contributed by atoms with E-state index in [0.717, 1.165) is 34.3 Å². The second-order valence-corrected chi connectivity index (χ2v) is 8.11. The summed E-state index contributed by atoms with van der Waals surface area (Å²) in [6.45, 7) is 1.88. The van der Waals surface area contributed by atoms with Gasteiger partial charge in [0.25, 0.3) is 0 Å².